The highest BCUT2D eigenvalue weighted by molar-refractivity contribution is 8.00. The van der Waals surface area contributed by atoms with Crippen LogP contribution in [0.2, 0.25) is 0 Å². The Labute approximate surface area is 168 Å². The number of rotatable bonds is 5. The van der Waals surface area contributed by atoms with Crippen molar-refractivity contribution in [3.05, 3.63) is 72.3 Å². The van der Waals surface area contributed by atoms with Crippen LogP contribution in [-0.4, -0.2) is 35.6 Å². The predicted molar refractivity (Wildman–Crippen MR) is 115 cm³/mol. The molecular formula is C23H22N2O2S. The summed E-state index contributed by atoms with van der Waals surface area (Å²) < 4.78 is 0. The van der Waals surface area contributed by atoms with Crippen LogP contribution < -0.4 is 5.32 Å². The zero-order chi connectivity index (χ0) is 19.3. The third-order valence-electron chi connectivity index (χ3n) is 4.90. The Balaban J connectivity index is 1.32. The molecular weight excluding hydrogens is 368 g/mol. The van der Waals surface area contributed by atoms with Crippen molar-refractivity contribution in [2.75, 3.05) is 24.2 Å². The lowest BCUT2D eigenvalue weighted by molar-refractivity contribution is -0.113. The van der Waals surface area contributed by atoms with Gasteiger partial charge < -0.3 is 10.2 Å². The topological polar surface area (TPSA) is 49.4 Å². The van der Waals surface area contributed by atoms with Gasteiger partial charge >= 0.3 is 0 Å². The summed E-state index contributed by atoms with van der Waals surface area (Å²) in [7, 11) is 0. The second kappa shape index (κ2) is 8.48. The summed E-state index contributed by atoms with van der Waals surface area (Å²) >= 11 is 1.51. The highest BCUT2D eigenvalue weighted by Gasteiger charge is 2.19. The number of carbonyl (C=O) groups is 2. The Morgan fingerprint density at radius 3 is 2.36 bits per heavy atom. The number of nitrogens with one attached hydrogen (secondary N) is 1. The lowest BCUT2D eigenvalue weighted by Crippen LogP contribution is -2.27. The number of benzene rings is 3. The van der Waals surface area contributed by atoms with Gasteiger partial charge in [0.1, 0.15) is 0 Å². The Morgan fingerprint density at radius 2 is 1.61 bits per heavy atom. The van der Waals surface area contributed by atoms with Crippen molar-refractivity contribution in [1.82, 2.24) is 4.90 Å². The Morgan fingerprint density at radius 1 is 0.893 bits per heavy atom. The molecule has 1 N–H and O–H groups in total. The summed E-state index contributed by atoms with van der Waals surface area (Å²) in [6.45, 7) is 1.67. The van der Waals surface area contributed by atoms with Crippen LogP contribution in [0.25, 0.3) is 10.8 Å². The van der Waals surface area contributed by atoms with Crippen LogP contribution in [-0.2, 0) is 4.79 Å². The molecule has 1 aliphatic heterocycles. The summed E-state index contributed by atoms with van der Waals surface area (Å²) in [5.41, 5.74) is 1.38. The minimum absolute atomic E-state index is 0.0585. The molecule has 0 bridgehead atoms. The van der Waals surface area contributed by atoms with Crippen LogP contribution in [0.3, 0.4) is 0 Å². The number of amides is 2. The Bertz CT molecular complexity index is 995. The largest absolute Gasteiger partial charge is 0.339 e. The smallest absolute Gasteiger partial charge is 0.253 e. The van der Waals surface area contributed by atoms with E-state index in [1.165, 1.54) is 22.5 Å². The number of carbonyl (C=O) groups excluding carboxylic acids is 2. The Kier molecular flexibility index (Phi) is 5.63. The average molecular weight is 391 g/mol. The first kappa shape index (κ1) is 18.6. The standard InChI is InChI=1S/C23H22N2O2S/c26-22(16-28-21-12-9-17-5-1-2-6-19(17)15-21)24-20-10-7-18(8-11-20)23(27)25-13-3-4-14-25/h1-2,5-12,15H,3-4,13-14,16H2,(H,24,26). The number of anilines is 1. The highest BCUT2D eigenvalue weighted by Crippen LogP contribution is 2.24. The molecule has 0 spiro atoms. The second-order valence-corrected chi connectivity index (χ2v) is 7.97. The van der Waals surface area contributed by atoms with Crippen molar-refractivity contribution < 1.29 is 9.59 Å². The summed E-state index contributed by atoms with van der Waals surface area (Å²) in [4.78, 5) is 27.6. The summed E-state index contributed by atoms with van der Waals surface area (Å²) in [5.74, 6) is 0.353. The van der Waals surface area contributed by atoms with E-state index in [0.29, 0.717) is 17.0 Å². The van der Waals surface area contributed by atoms with Gasteiger partial charge in [-0.25, -0.2) is 0 Å². The monoisotopic (exact) mass is 390 g/mol. The van der Waals surface area contributed by atoms with Crippen molar-refractivity contribution in [2.45, 2.75) is 17.7 Å². The summed E-state index contributed by atoms with van der Waals surface area (Å²) in [5, 5.41) is 5.27. The van der Waals surface area contributed by atoms with E-state index < -0.39 is 0 Å². The van der Waals surface area contributed by atoms with Crippen LogP contribution in [0.5, 0.6) is 0 Å². The first-order chi connectivity index (χ1) is 13.7. The van der Waals surface area contributed by atoms with E-state index in [4.69, 9.17) is 0 Å². The summed E-state index contributed by atoms with van der Waals surface area (Å²) in [6.07, 6.45) is 2.16. The van der Waals surface area contributed by atoms with Gasteiger partial charge in [0.2, 0.25) is 5.91 Å². The number of nitrogens with zero attached hydrogens (tertiary/aromatic N) is 1. The SMILES string of the molecule is O=C(CSc1ccc2ccccc2c1)Nc1ccc(C(=O)N2CCCC2)cc1. The normalized spacial score (nSPS) is 13.6. The van der Waals surface area contributed by atoms with Gasteiger partial charge in [-0.2, -0.15) is 0 Å². The van der Waals surface area contributed by atoms with E-state index in [0.717, 1.165) is 30.8 Å². The van der Waals surface area contributed by atoms with Crippen molar-refractivity contribution in [2.24, 2.45) is 0 Å². The molecule has 4 nitrogen and oxygen atoms in total. The van der Waals surface area contributed by atoms with Gasteiger partial charge in [-0.05, 0) is 60.0 Å². The number of thioether (sulfide) groups is 1. The van der Waals surface area contributed by atoms with Crippen molar-refractivity contribution in [3.63, 3.8) is 0 Å². The van der Waals surface area contributed by atoms with Crippen LogP contribution in [0, 0.1) is 0 Å². The summed E-state index contributed by atoms with van der Waals surface area (Å²) in [6, 6.07) is 21.6. The van der Waals surface area contributed by atoms with Crippen LogP contribution in [0.4, 0.5) is 5.69 Å². The van der Waals surface area contributed by atoms with Crippen LogP contribution in [0.15, 0.2) is 71.6 Å². The molecule has 2 amide bonds. The van der Waals surface area contributed by atoms with Gasteiger partial charge in [0.15, 0.2) is 0 Å². The molecule has 28 heavy (non-hydrogen) atoms. The maximum absolute atomic E-state index is 12.4. The molecule has 142 valence electrons. The van der Waals surface area contributed by atoms with E-state index >= 15 is 0 Å². The third-order valence-corrected chi connectivity index (χ3v) is 5.89. The molecule has 3 aromatic rings. The maximum atomic E-state index is 12.4. The second-order valence-electron chi connectivity index (χ2n) is 6.92. The number of likely N-dealkylation sites (tertiary alicyclic amines) is 1. The van der Waals surface area contributed by atoms with Crippen LogP contribution in [0.1, 0.15) is 23.2 Å². The molecule has 1 fully saturated rings. The third kappa shape index (κ3) is 4.37. The first-order valence-corrected chi connectivity index (χ1v) is 10.5. The zero-order valence-corrected chi connectivity index (χ0v) is 16.4. The van der Waals surface area contributed by atoms with E-state index in [2.05, 4.69) is 29.6 Å². The lowest BCUT2D eigenvalue weighted by atomic mass is 10.1. The molecule has 1 aliphatic rings. The fraction of sp³-hybridized carbons (Fsp3) is 0.217. The van der Waals surface area contributed by atoms with Gasteiger partial charge in [0, 0.05) is 29.2 Å². The number of hydrogen-bond acceptors (Lipinski definition) is 3. The molecule has 3 aromatic carbocycles. The lowest BCUT2D eigenvalue weighted by Gasteiger charge is -2.15. The molecule has 0 radical (unpaired) electrons. The van der Waals surface area contributed by atoms with Gasteiger partial charge in [0.05, 0.1) is 5.75 Å². The molecule has 0 unspecified atom stereocenters. The number of hydrogen-bond donors (Lipinski definition) is 1. The zero-order valence-electron chi connectivity index (χ0n) is 15.6. The highest BCUT2D eigenvalue weighted by atomic mass is 32.2. The average Bonchev–Trinajstić information content (AvgIpc) is 3.27. The quantitative estimate of drug-likeness (QED) is 0.636. The van der Waals surface area contributed by atoms with Gasteiger partial charge in [-0.3, -0.25) is 9.59 Å². The van der Waals surface area contributed by atoms with Gasteiger partial charge in [-0.15, -0.1) is 11.8 Å². The fourth-order valence-electron chi connectivity index (χ4n) is 3.40. The van der Waals surface area contributed by atoms with E-state index in [9.17, 15) is 9.59 Å². The van der Waals surface area contributed by atoms with Crippen molar-refractivity contribution >= 4 is 40.0 Å². The van der Waals surface area contributed by atoms with Crippen molar-refractivity contribution in [1.29, 1.82) is 0 Å². The van der Waals surface area contributed by atoms with Crippen molar-refractivity contribution in [3.8, 4) is 0 Å². The van der Waals surface area contributed by atoms with E-state index in [1.807, 2.05) is 23.1 Å². The van der Waals surface area contributed by atoms with E-state index in [1.54, 1.807) is 24.3 Å². The minimum Gasteiger partial charge on any atom is -0.339 e. The maximum Gasteiger partial charge on any atom is 0.253 e. The molecule has 0 aliphatic carbocycles. The molecule has 1 heterocycles. The molecule has 0 saturated carbocycles. The molecule has 4 rings (SSSR count). The van der Waals surface area contributed by atoms with E-state index in [-0.39, 0.29) is 11.8 Å². The molecule has 1 saturated heterocycles. The minimum atomic E-state index is -0.0585. The van der Waals surface area contributed by atoms with Gasteiger partial charge in [-0.1, -0.05) is 30.3 Å². The molecule has 0 atom stereocenters. The molecule has 0 aromatic heterocycles. The fourth-order valence-corrected chi connectivity index (χ4v) is 4.15. The van der Waals surface area contributed by atoms with Crippen LogP contribution >= 0.6 is 11.8 Å². The molecule has 5 heteroatoms. The first-order valence-electron chi connectivity index (χ1n) is 9.50. The Hall–Kier alpha value is -2.79. The van der Waals surface area contributed by atoms with Gasteiger partial charge in [0.25, 0.3) is 5.91 Å². The predicted octanol–water partition coefficient (Wildman–Crippen LogP) is 4.81. The number of fused-ring (bicyclic) bond motifs is 1.